The Kier molecular flexibility index (Phi) is 5.02. The molecule has 3 aromatic rings. The van der Waals surface area contributed by atoms with Crippen LogP contribution in [0.15, 0.2) is 65.0 Å². The van der Waals surface area contributed by atoms with Gasteiger partial charge in [0.25, 0.3) is 0 Å². The predicted octanol–water partition coefficient (Wildman–Crippen LogP) is 5.28. The van der Waals surface area contributed by atoms with Gasteiger partial charge in [-0.05, 0) is 42.7 Å². The molecule has 0 saturated carbocycles. The van der Waals surface area contributed by atoms with Crippen LogP contribution in [0.3, 0.4) is 0 Å². The summed E-state index contributed by atoms with van der Waals surface area (Å²) in [7, 11) is 0. The molecular weight excluding hydrogens is 352 g/mol. The van der Waals surface area contributed by atoms with Gasteiger partial charge < -0.3 is 9.30 Å². The second-order valence-electron chi connectivity index (χ2n) is 6.10. The third-order valence-corrected chi connectivity index (χ3v) is 5.44. The first-order valence-electron chi connectivity index (χ1n) is 8.45. The summed E-state index contributed by atoms with van der Waals surface area (Å²) in [6.07, 6.45) is 2.51. The molecule has 4 rings (SSSR count). The second kappa shape index (κ2) is 7.56. The first-order valence-corrected chi connectivity index (χ1v) is 9.71. The Hall–Kier alpha value is -1.88. The highest BCUT2D eigenvalue weighted by atomic mass is 35.5. The standard InChI is InChI=1S/C20H19ClN2OS/c21-16-8-10-17(11-9-16)22-20-23(13-18-7-4-12-24-18)19(14-25-20)15-5-2-1-3-6-15/h1-3,5-6,8-11,14,18H,4,7,12-13H2/t18-/m1/s1. The van der Waals surface area contributed by atoms with Crippen LogP contribution in [0.2, 0.25) is 5.02 Å². The molecule has 1 fully saturated rings. The zero-order chi connectivity index (χ0) is 17.1. The Bertz CT molecular complexity index is 893. The number of hydrogen-bond donors (Lipinski definition) is 0. The van der Waals surface area contributed by atoms with Crippen molar-refractivity contribution in [3.05, 3.63) is 69.8 Å². The summed E-state index contributed by atoms with van der Waals surface area (Å²) in [6, 6.07) is 18.1. The van der Waals surface area contributed by atoms with Gasteiger partial charge in [-0.25, -0.2) is 4.99 Å². The number of halogens is 1. The number of aromatic nitrogens is 1. The maximum Gasteiger partial charge on any atom is 0.190 e. The lowest BCUT2D eigenvalue weighted by molar-refractivity contribution is 0.0968. The number of rotatable bonds is 4. The summed E-state index contributed by atoms with van der Waals surface area (Å²) in [6.45, 7) is 1.69. The fraction of sp³-hybridized carbons (Fsp3) is 0.250. The molecule has 0 unspecified atom stereocenters. The van der Waals surface area contributed by atoms with Crippen LogP contribution in [0.1, 0.15) is 12.8 Å². The van der Waals surface area contributed by atoms with E-state index in [4.69, 9.17) is 21.3 Å². The lowest BCUT2D eigenvalue weighted by Crippen LogP contribution is -2.23. The van der Waals surface area contributed by atoms with Crippen LogP contribution in [0.4, 0.5) is 5.69 Å². The zero-order valence-electron chi connectivity index (χ0n) is 13.8. The van der Waals surface area contributed by atoms with E-state index in [-0.39, 0.29) is 6.10 Å². The minimum atomic E-state index is 0.265. The first kappa shape index (κ1) is 16.6. The summed E-state index contributed by atoms with van der Waals surface area (Å²) < 4.78 is 8.15. The minimum Gasteiger partial charge on any atom is -0.376 e. The molecule has 1 aliphatic rings. The van der Waals surface area contributed by atoms with E-state index in [1.165, 1.54) is 11.3 Å². The summed E-state index contributed by atoms with van der Waals surface area (Å²) in [4.78, 5) is 5.82. The molecule has 1 aromatic heterocycles. The molecule has 2 aromatic carbocycles. The van der Waals surface area contributed by atoms with Gasteiger partial charge in [-0.1, -0.05) is 41.9 Å². The molecule has 0 amide bonds. The van der Waals surface area contributed by atoms with Gasteiger partial charge in [0, 0.05) is 17.0 Å². The van der Waals surface area contributed by atoms with Gasteiger partial charge in [0.15, 0.2) is 4.80 Å². The smallest absolute Gasteiger partial charge is 0.190 e. The molecule has 0 N–H and O–H groups in total. The van der Waals surface area contributed by atoms with Crippen molar-refractivity contribution in [1.29, 1.82) is 0 Å². The molecule has 1 aliphatic heterocycles. The molecule has 0 radical (unpaired) electrons. The Morgan fingerprint density at radius 3 is 2.64 bits per heavy atom. The van der Waals surface area contributed by atoms with Gasteiger partial charge in [-0.2, -0.15) is 0 Å². The van der Waals surface area contributed by atoms with Crippen molar-refractivity contribution in [2.45, 2.75) is 25.5 Å². The van der Waals surface area contributed by atoms with Crippen LogP contribution in [-0.2, 0) is 11.3 Å². The molecule has 0 spiro atoms. The molecule has 1 atom stereocenters. The molecule has 1 saturated heterocycles. The van der Waals surface area contributed by atoms with E-state index in [1.54, 1.807) is 11.3 Å². The van der Waals surface area contributed by atoms with Gasteiger partial charge in [0.2, 0.25) is 0 Å². The monoisotopic (exact) mass is 370 g/mol. The molecule has 0 bridgehead atoms. The van der Waals surface area contributed by atoms with Crippen molar-refractivity contribution in [2.75, 3.05) is 6.61 Å². The Balaban J connectivity index is 1.77. The number of nitrogens with zero attached hydrogens (tertiary/aromatic N) is 2. The van der Waals surface area contributed by atoms with E-state index < -0.39 is 0 Å². The molecule has 3 nitrogen and oxygen atoms in total. The second-order valence-corrected chi connectivity index (χ2v) is 7.38. The van der Waals surface area contributed by atoms with Crippen molar-refractivity contribution >= 4 is 28.6 Å². The van der Waals surface area contributed by atoms with Crippen molar-refractivity contribution in [3.63, 3.8) is 0 Å². The number of ether oxygens (including phenoxy) is 1. The van der Waals surface area contributed by atoms with E-state index in [2.05, 4.69) is 34.2 Å². The van der Waals surface area contributed by atoms with Crippen LogP contribution in [-0.4, -0.2) is 17.3 Å². The van der Waals surface area contributed by atoms with Gasteiger partial charge in [0.05, 0.1) is 24.0 Å². The fourth-order valence-corrected chi connectivity index (χ4v) is 4.12. The highest BCUT2D eigenvalue weighted by Crippen LogP contribution is 2.23. The van der Waals surface area contributed by atoms with Gasteiger partial charge in [-0.15, -0.1) is 11.3 Å². The largest absolute Gasteiger partial charge is 0.376 e. The van der Waals surface area contributed by atoms with Crippen LogP contribution in [0.5, 0.6) is 0 Å². The van der Waals surface area contributed by atoms with Gasteiger partial charge in [-0.3, -0.25) is 0 Å². The number of hydrogen-bond acceptors (Lipinski definition) is 3. The predicted molar refractivity (Wildman–Crippen MR) is 103 cm³/mol. The number of thiazole rings is 1. The minimum absolute atomic E-state index is 0.265. The molecular formula is C20H19ClN2OS. The van der Waals surface area contributed by atoms with Gasteiger partial charge in [0.1, 0.15) is 0 Å². The Morgan fingerprint density at radius 2 is 1.92 bits per heavy atom. The lowest BCUT2D eigenvalue weighted by Gasteiger charge is -2.14. The molecule has 5 heteroatoms. The third-order valence-electron chi connectivity index (χ3n) is 4.33. The highest BCUT2D eigenvalue weighted by Gasteiger charge is 2.18. The van der Waals surface area contributed by atoms with E-state index in [0.29, 0.717) is 0 Å². The van der Waals surface area contributed by atoms with Crippen molar-refractivity contribution in [1.82, 2.24) is 4.57 Å². The molecule has 25 heavy (non-hydrogen) atoms. The van der Waals surface area contributed by atoms with Crippen molar-refractivity contribution in [2.24, 2.45) is 4.99 Å². The Labute approximate surface area is 156 Å². The molecule has 2 heterocycles. The van der Waals surface area contributed by atoms with Crippen LogP contribution in [0, 0.1) is 0 Å². The van der Waals surface area contributed by atoms with Crippen molar-refractivity contribution < 1.29 is 4.74 Å². The summed E-state index contributed by atoms with van der Waals surface area (Å²) >= 11 is 7.64. The van der Waals surface area contributed by atoms with Crippen LogP contribution < -0.4 is 4.80 Å². The quantitative estimate of drug-likeness (QED) is 0.613. The zero-order valence-corrected chi connectivity index (χ0v) is 15.3. The topological polar surface area (TPSA) is 26.5 Å². The molecule has 0 aliphatic carbocycles. The van der Waals surface area contributed by atoms with E-state index in [0.717, 1.165) is 41.5 Å². The van der Waals surface area contributed by atoms with E-state index in [1.807, 2.05) is 30.3 Å². The fourth-order valence-electron chi connectivity index (χ4n) is 3.05. The van der Waals surface area contributed by atoms with Crippen LogP contribution in [0.25, 0.3) is 11.3 Å². The molecule has 128 valence electrons. The SMILES string of the molecule is Clc1ccc(N=c2scc(-c3ccccc3)n2C[C@H]2CCCO2)cc1. The van der Waals surface area contributed by atoms with Crippen LogP contribution >= 0.6 is 22.9 Å². The normalized spacial score (nSPS) is 18.0. The first-order chi connectivity index (χ1) is 12.3. The summed E-state index contributed by atoms with van der Waals surface area (Å²) in [5.41, 5.74) is 3.30. The van der Waals surface area contributed by atoms with Crippen molar-refractivity contribution in [3.8, 4) is 11.3 Å². The summed E-state index contributed by atoms with van der Waals surface area (Å²) in [5.74, 6) is 0. The maximum absolute atomic E-state index is 5.98. The third kappa shape index (κ3) is 3.87. The number of benzene rings is 2. The van der Waals surface area contributed by atoms with Gasteiger partial charge >= 0.3 is 0 Å². The lowest BCUT2D eigenvalue weighted by atomic mass is 10.1. The summed E-state index contributed by atoms with van der Waals surface area (Å²) in [5, 5.41) is 2.90. The highest BCUT2D eigenvalue weighted by molar-refractivity contribution is 7.07. The maximum atomic E-state index is 5.98. The van der Waals surface area contributed by atoms with E-state index in [9.17, 15) is 0 Å². The average Bonchev–Trinajstić information content (AvgIpc) is 3.29. The van der Waals surface area contributed by atoms with E-state index >= 15 is 0 Å². The average molecular weight is 371 g/mol. The Morgan fingerprint density at radius 1 is 1.12 bits per heavy atom.